The Morgan fingerprint density at radius 2 is 1.23 bits per heavy atom. The average molecular weight is 669 g/mol. The number of rotatable bonds is 6. The number of anilines is 1. The number of fused-ring (bicyclic) bond motifs is 3. The van der Waals surface area contributed by atoms with Crippen molar-refractivity contribution in [3.63, 3.8) is 0 Å². The molecule has 4 aromatic carbocycles. The van der Waals surface area contributed by atoms with Crippen LogP contribution in [0.4, 0.5) is 5.69 Å². The smallest absolute Gasteiger partial charge is 0.744 e. The molecule has 5 rings (SSSR count). The monoisotopic (exact) mass is 668 g/mol. The van der Waals surface area contributed by atoms with Crippen LogP contribution in [0.1, 0.15) is 11.1 Å². The summed E-state index contributed by atoms with van der Waals surface area (Å²) in [6, 6.07) is 14.1. The number of nitrogen functional groups attached to an aromatic ring is 1. The van der Waals surface area contributed by atoms with Crippen molar-refractivity contribution < 1.29 is 128 Å². The molecule has 0 aliphatic carbocycles. The van der Waals surface area contributed by atoms with Gasteiger partial charge in [-0.15, -0.1) is 10.2 Å². The Morgan fingerprint density at radius 1 is 0.651 bits per heavy atom. The van der Waals surface area contributed by atoms with Gasteiger partial charge >= 0.3 is 88.7 Å². The van der Waals surface area contributed by atoms with Crippen molar-refractivity contribution in [3.8, 4) is 5.69 Å². The first-order valence-electron chi connectivity index (χ1n) is 11.0. The Morgan fingerprint density at radius 3 is 1.81 bits per heavy atom. The van der Waals surface area contributed by atoms with Gasteiger partial charge in [-0.25, -0.2) is 25.3 Å². The summed E-state index contributed by atoms with van der Waals surface area (Å²) in [6.07, 6.45) is 2.33. The van der Waals surface area contributed by atoms with Gasteiger partial charge in [0, 0.05) is 11.1 Å². The molecular weight excluding hydrogens is 653 g/mol. The summed E-state index contributed by atoms with van der Waals surface area (Å²) in [4.78, 5) is -0.627. The van der Waals surface area contributed by atoms with Gasteiger partial charge in [0.25, 0.3) is 0 Å². The molecule has 0 aliphatic heterocycles. The van der Waals surface area contributed by atoms with Gasteiger partial charge < -0.3 is 19.4 Å². The van der Waals surface area contributed by atoms with Gasteiger partial charge in [-0.1, -0.05) is 36.4 Å². The van der Waals surface area contributed by atoms with Crippen molar-refractivity contribution in [1.29, 1.82) is 0 Å². The van der Waals surface area contributed by atoms with E-state index in [1.807, 2.05) is 0 Å². The Bertz CT molecular complexity index is 2220. The van der Waals surface area contributed by atoms with E-state index >= 15 is 0 Å². The molecule has 1 aromatic heterocycles. The molecule has 0 atom stereocenters. The van der Waals surface area contributed by atoms with Crippen LogP contribution in [-0.2, 0) is 30.4 Å². The van der Waals surface area contributed by atoms with Crippen LogP contribution in [0.5, 0.6) is 0 Å². The van der Waals surface area contributed by atoms with Crippen LogP contribution < -0.4 is 94.4 Å². The first-order chi connectivity index (χ1) is 18.6. The third kappa shape index (κ3) is 8.35. The standard InChI is InChI=1S/C24H18N4O9S3.3Na/c25-17-6-3-14(22(12-17)39(32,33)34)1-2-15-4-7-18(13-23(15)40(35,36)37)28-26-21-10-5-16-11-19(38(29,30)31)8-9-20(16)24(21)27-28;;;/h1-13H,25H2,(H,29,30,31)(H,32,33,34)(H,35,36,37);;;/q;3*+1/p-3/b2-1+;;;. The molecular formula is C24H15N4Na3O9S3. The van der Waals surface area contributed by atoms with Crippen LogP contribution in [0.3, 0.4) is 0 Å². The molecule has 0 radical (unpaired) electrons. The first-order valence-corrected chi connectivity index (χ1v) is 15.2. The summed E-state index contributed by atoms with van der Waals surface area (Å²) in [5.41, 5.74) is 6.19. The SMILES string of the molecule is Nc1ccc(/C=C/c2ccc(-n3nc4ccc5cc(S(=O)(=O)[O-])ccc5c4n3)cc2S(=O)(=O)[O-])c(S(=O)(=O)[O-])c1.[Na+].[Na+].[Na+]. The largest absolute Gasteiger partial charge is 1.00 e. The van der Waals surface area contributed by atoms with E-state index in [0.717, 1.165) is 35.1 Å². The van der Waals surface area contributed by atoms with Gasteiger partial charge in [0.15, 0.2) is 0 Å². The predicted octanol–water partition coefficient (Wildman–Crippen LogP) is -6.95. The van der Waals surface area contributed by atoms with E-state index < -0.39 is 45.0 Å². The summed E-state index contributed by atoms with van der Waals surface area (Å²) in [5, 5.41) is 9.52. The van der Waals surface area contributed by atoms with Crippen LogP contribution in [0.15, 0.2) is 81.4 Å². The number of nitrogens with two attached hydrogens (primary N) is 1. The molecule has 0 saturated carbocycles. The summed E-state index contributed by atoms with van der Waals surface area (Å²) in [6.45, 7) is 0. The van der Waals surface area contributed by atoms with E-state index in [1.54, 1.807) is 6.07 Å². The fraction of sp³-hybridized carbons (Fsp3) is 0. The second-order valence-corrected chi connectivity index (χ2v) is 12.6. The molecule has 19 heteroatoms. The summed E-state index contributed by atoms with van der Waals surface area (Å²) >= 11 is 0. The van der Waals surface area contributed by atoms with Crippen molar-refractivity contribution in [2.45, 2.75) is 14.7 Å². The van der Waals surface area contributed by atoms with Crippen molar-refractivity contribution in [2.75, 3.05) is 5.73 Å². The molecule has 2 N–H and O–H groups in total. The van der Waals surface area contributed by atoms with E-state index in [4.69, 9.17) is 5.73 Å². The second kappa shape index (κ2) is 14.1. The number of aromatic nitrogens is 3. The van der Waals surface area contributed by atoms with Crippen molar-refractivity contribution in [1.82, 2.24) is 15.0 Å². The maximum atomic E-state index is 12.1. The topological polar surface area (TPSA) is 228 Å². The van der Waals surface area contributed by atoms with Crippen molar-refractivity contribution >= 4 is 70.0 Å². The third-order valence-corrected chi connectivity index (χ3v) is 8.49. The molecule has 0 aliphatic rings. The van der Waals surface area contributed by atoms with Crippen LogP contribution in [0.25, 0.3) is 39.6 Å². The van der Waals surface area contributed by atoms with E-state index in [0.29, 0.717) is 21.8 Å². The fourth-order valence-electron chi connectivity index (χ4n) is 4.04. The summed E-state index contributed by atoms with van der Waals surface area (Å²) in [7, 11) is -14.6. The van der Waals surface area contributed by atoms with Gasteiger partial charge in [0.1, 0.15) is 41.4 Å². The van der Waals surface area contributed by atoms with Crippen molar-refractivity contribution in [3.05, 3.63) is 77.9 Å². The van der Waals surface area contributed by atoms with Crippen LogP contribution in [0, 0.1) is 0 Å². The summed E-state index contributed by atoms with van der Waals surface area (Å²) < 4.78 is 105. The Labute approximate surface area is 312 Å². The van der Waals surface area contributed by atoms with Gasteiger partial charge in [0.2, 0.25) is 0 Å². The molecule has 0 spiro atoms. The zero-order chi connectivity index (χ0) is 29.0. The summed E-state index contributed by atoms with van der Waals surface area (Å²) in [5.74, 6) is 0. The Balaban J connectivity index is 0.00000215. The third-order valence-electron chi connectivity index (χ3n) is 5.87. The van der Waals surface area contributed by atoms with Crippen molar-refractivity contribution in [2.24, 2.45) is 0 Å². The maximum absolute atomic E-state index is 12.1. The molecule has 43 heavy (non-hydrogen) atoms. The quantitative estimate of drug-likeness (QED) is 0.0771. The zero-order valence-corrected chi connectivity index (χ0v) is 31.3. The molecule has 0 saturated heterocycles. The number of benzene rings is 4. The normalized spacial score (nSPS) is 12.1. The van der Waals surface area contributed by atoms with E-state index in [9.17, 15) is 38.9 Å². The first kappa shape index (κ1) is 38.0. The van der Waals surface area contributed by atoms with Gasteiger partial charge in [-0.05, 0) is 59.0 Å². The Hall–Kier alpha value is -1.19. The molecule has 0 unspecified atom stereocenters. The molecule has 5 aromatic rings. The molecule has 0 bridgehead atoms. The van der Waals surface area contributed by atoms with E-state index in [-0.39, 0.29) is 111 Å². The minimum Gasteiger partial charge on any atom is -0.744 e. The minimum absolute atomic E-state index is 0. The zero-order valence-electron chi connectivity index (χ0n) is 22.8. The van der Waals surface area contributed by atoms with Crippen LogP contribution >= 0.6 is 0 Å². The Kier molecular flexibility index (Phi) is 12.4. The second-order valence-electron chi connectivity index (χ2n) is 8.52. The molecule has 1 heterocycles. The van der Waals surface area contributed by atoms with Gasteiger partial charge in [0.05, 0.1) is 20.4 Å². The molecule has 206 valence electrons. The van der Waals surface area contributed by atoms with Crippen LogP contribution in [0.2, 0.25) is 0 Å². The van der Waals surface area contributed by atoms with E-state index in [1.165, 1.54) is 42.5 Å². The number of hydrogen-bond acceptors (Lipinski definition) is 12. The van der Waals surface area contributed by atoms with Gasteiger partial charge in [-0.2, -0.15) is 4.80 Å². The number of nitrogens with zero attached hydrogens (tertiary/aromatic N) is 3. The average Bonchev–Trinajstić information content (AvgIpc) is 3.31. The molecule has 0 fully saturated rings. The minimum atomic E-state index is -5.05. The molecule has 13 nitrogen and oxygen atoms in total. The predicted molar refractivity (Wildman–Crippen MR) is 140 cm³/mol. The molecule has 0 amide bonds. The van der Waals surface area contributed by atoms with Gasteiger partial charge in [-0.3, -0.25) is 0 Å². The number of hydrogen-bond donors (Lipinski definition) is 1. The van der Waals surface area contributed by atoms with E-state index in [2.05, 4.69) is 10.2 Å². The van der Waals surface area contributed by atoms with Crippen LogP contribution in [-0.4, -0.2) is 53.9 Å². The fourth-order valence-corrected chi connectivity index (χ4v) is 5.94. The maximum Gasteiger partial charge on any atom is 1.00 e.